The van der Waals surface area contributed by atoms with Gasteiger partial charge in [-0.15, -0.1) is 11.8 Å². The largest absolute Gasteiger partial charge is 0.472 e. The van der Waals surface area contributed by atoms with Crippen LogP contribution < -0.4 is 4.74 Å². The fourth-order valence-electron chi connectivity index (χ4n) is 3.31. The first kappa shape index (κ1) is 17.1. The van der Waals surface area contributed by atoms with Gasteiger partial charge in [-0.05, 0) is 31.7 Å². The SMILES string of the molecule is N#Cc1ccnc(O[C@H]2CCCN(C(=O)CSC3CCCC3)C2)c1. The van der Waals surface area contributed by atoms with Crippen LogP contribution >= 0.6 is 11.8 Å². The van der Waals surface area contributed by atoms with Crippen molar-refractivity contribution >= 4 is 17.7 Å². The van der Waals surface area contributed by atoms with Crippen molar-refractivity contribution in [3.63, 3.8) is 0 Å². The summed E-state index contributed by atoms with van der Waals surface area (Å²) >= 11 is 1.82. The van der Waals surface area contributed by atoms with Crippen LogP contribution in [0.15, 0.2) is 18.3 Å². The molecule has 3 rings (SSSR count). The third-order valence-electron chi connectivity index (χ3n) is 4.63. The number of likely N-dealkylation sites (tertiary alicyclic amines) is 1. The van der Waals surface area contributed by atoms with Crippen molar-refractivity contribution in [2.45, 2.75) is 49.9 Å². The maximum absolute atomic E-state index is 12.4. The first-order valence-corrected chi connectivity index (χ1v) is 9.71. The normalized spacial score (nSPS) is 21.5. The second kappa shape index (κ2) is 8.39. The van der Waals surface area contributed by atoms with E-state index in [9.17, 15) is 4.79 Å². The van der Waals surface area contributed by atoms with Crippen LogP contribution in [0.5, 0.6) is 5.88 Å². The number of amides is 1. The van der Waals surface area contributed by atoms with Crippen molar-refractivity contribution in [1.82, 2.24) is 9.88 Å². The third kappa shape index (κ3) is 4.64. The zero-order valence-electron chi connectivity index (χ0n) is 13.8. The van der Waals surface area contributed by atoms with Crippen LogP contribution in [0.2, 0.25) is 0 Å². The lowest BCUT2D eigenvalue weighted by Crippen LogP contribution is -2.45. The number of aromatic nitrogens is 1. The van der Waals surface area contributed by atoms with E-state index < -0.39 is 0 Å². The van der Waals surface area contributed by atoms with Crippen LogP contribution in [0.25, 0.3) is 0 Å². The summed E-state index contributed by atoms with van der Waals surface area (Å²) in [6.07, 6.45) is 8.52. The topological polar surface area (TPSA) is 66.2 Å². The van der Waals surface area contributed by atoms with E-state index in [4.69, 9.17) is 10.00 Å². The molecule has 0 radical (unpaired) electrons. The Morgan fingerprint density at radius 3 is 3.00 bits per heavy atom. The molecule has 1 aliphatic heterocycles. The molecule has 2 fully saturated rings. The number of hydrogen-bond donors (Lipinski definition) is 0. The summed E-state index contributed by atoms with van der Waals surface area (Å²) in [4.78, 5) is 18.5. The van der Waals surface area contributed by atoms with Crippen molar-refractivity contribution in [3.05, 3.63) is 23.9 Å². The van der Waals surface area contributed by atoms with Gasteiger partial charge in [0.05, 0.1) is 23.9 Å². The monoisotopic (exact) mass is 345 g/mol. The molecule has 0 aromatic carbocycles. The minimum absolute atomic E-state index is 0.0411. The van der Waals surface area contributed by atoms with Gasteiger partial charge in [0.15, 0.2) is 0 Å². The van der Waals surface area contributed by atoms with Gasteiger partial charge < -0.3 is 9.64 Å². The Morgan fingerprint density at radius 2 is 2.21 bits per heavy atom. The van der Waals surface area contributed by atoms with E-state index in [0.29, 0.717) is 29.0 Å². The lowest BCUT2D eigenvalue weighted by molar-refractivity contribution is -0.130. The fourth-order valence-corrected chi connectivity index (χ4v) is 4.54. The van der Waals surface area contributed by atoms with Crippen LogP contribution in [0, 0.1) is 11.3 Å². The number of nitriles is 1. The lowest BCUT2D eigenvalue weighted by Gasteiger charge is -2.32. The Bertz CT molecular complexity index is 611. The first-order chi connectivity index (χ1) is 11.7. The van der Waals surface area contributed by atoms with Crippen LogP contribution in [-0.4, -0.2) is 46.0 Å². The predicted molar refractivity (Wildman–Crippen MR) is 93.9 cm³/mol. The van der Waals surface area contributed by atoms with E-state index in [0.717, 1.165) is 19.4 Å². The van der Waals surface area contributed by atoms with Crippen molar-refractivity contribution in [2.75, 3.05) is 18.8 Å². The van der Waals surface area contributed by atoms with Gasteiger partial charge in [0, 0.05) is 24.1 Å². The van der Waals surface area contributed by atoms with Gasteiger partial charge in [-0.1, -0.05) is 12.8 Å². The molecule has 1 saturated heterocycles. The summed E-state index contributed by atoms with van der Waals surface area (Å²) in [7, 11) is 0. The Hall–Kier alpha value is -1.74. The first-order valence-electron chi connectivity index (χ1n) is 8.67. The second-order valence-corrected chi connectivity index (χ2v) is 7.72. The molecule has 2 heterocycles. The van der Waals surface area contributed by atoms with Crippen molar-refractivity contribution in [3.8, 4) is 11.9 Å². The minimum Gasteiger partial charge on any atom is -0.472 e. The molecule has 1 aliphatic carbocycles. The van der Waals surface area contributed by atoms with E-state index in [-0.39, 0.29) is 12.0 Å². The zero-order valence-corrected chi connectivity index (χ0v) is 14.6. The average Bonchev–Trinajstić information content (AvgIpc) is 3.13. The lowest BCUT2D eigenvalue weighted by atomic mass is 10.1. The molecule has 128 valence electrons. The Balaban J connectivity index is 1.49. The summed E-state index contributed by atoms with van der Waals surface area (Å²) in [6.45, 7) is 1.43. The maximum Gasteiger partial charge on any atom is 0.232 e. The summed E-state index contributed by atoms with van der Waals surface area (Å²) in [5.41, 5.74) is 0.539. The second-order valence-electron chi connectivity index (χ2n) is 6.43. The Morgan fingerprint density at radius 1 is 1.38 bits per heavy atom. The van der Waals surface area contributed by atoms with Gasteiger partial charge in [-0.25, -0.2) is 4.98 Å². The van der Waals surface area contributed by atoms with Crippen molar-refractivity contribution in [1.29, 1.82) is 5.26 Å². The van der Waals surface area contributed by atoms with Crippen LogP contribution in [0.3, 0.4) is 0 Å². The van der Waals surface area contributed by atoms with Crippen LogP contribution in [-0.2, 0) is 4.79 Å². The molecule has 2 aliphatic rings. The third-order valence-corrected chi connectivity index (χ3v) is 5.98. The van der Waals surface area contributed by atoms with E-state index in [1.165, 1.54) is 25.7 Å². The maximum atomic E-state index is 12.4. The van der Waals surface area contributed by atoms with Gasteiger partial charge in [0.25, 0.3) is 0 Å². The molecule has 1 aromatic rings. The van der Waals surface area contributed by atoms with Gasteiger partial charge in [0.1, 0.15) is 6.10 Å². The highest BCUT2D eigenvalue weighted by Gasteiger charge is 2.26. The van der Waals surface area contributed by atoms with Gasteiger partial charge >= 0.3 is 0 Å². The highest BCUT2D eigenvalue weighted by atomic mass is 32.2. The standard InChI is InChI=1S/C18H23N3O2S/c19-11-14-7-8-20-17(10-14)23-15-4-3-9-21(12-15)18(22)13-24-16-5-1-2-6-16/h7-8,10,15-16H,1-6,9,12-13H2/t15-/m0/s1. The number of rotatable bonds is 5. The summed E-state index contributed by atoms with van der Waals surface area (Å²) in [5, 5.41) is 9.61. The predicted octanol–water partition coefficient (Wildman–Crippen LogP) is 3.00. The van der Waals surface area contributed by atoms with Gasteiger partial charge in [-0.2, -0.15) is 5.26 Å². The molecule has 1 atom stereocenters. The molecule has 1 saturated carbocycles. The summed E-state index contributed by atoms with van der Waals surface area (Å²) < 4.78 is 5.89. The minimum atomic E-state index is -0.0411. The van der Waals surface area contributed by atoms with E-state index >= 15 is 0 Å². The average molecular weight is 345 g/mol. The molecule has 1 amide bonds. The molecule has 1 aromatic heterocycles. The van der Waals surface area contributed by atoms with E-state index in [1.807, 2.05) is 16.7 Å². The number of piperidine rings is 1. The Labute approximate surface area is 147 Å². The summed E-state index contributed by atoms with van der Waals surface area (Å²) in [6, 6.07) is 5.39. The Kier molecular flexibility index (Phi) is 5.97. The quantitative estimate of drug-likeness (QED) is 0.821. The number of pyridine rings is 1. The molecular weight excluding hydrogens is 322 g/mol. The molecular formula is C18H23N3O2S. The molecule has 0 bridgehead atoms. The highest BCUT2D eigenvalue weighted by Crippen LogP contribution is 2.29. The molecule has 0 spiro atoms. The van der Waals surface area contributed by atoms with Crippen LogP contribution in [0.1, 0.15) is 44.1 Å². The summed E-state index contributed by atoms with van der Waals surface area (Å²) in [5.74, 6) is 1.27. The molecule has 0 unspecified atom stereocenters. The van der Waals surface area contributed by atoms with Gasteiger partial charge in [-0.3, -0.25) is 4.79 Å². The number of thioether (sulfide) groups is 1. The number of ether oxygens (including phenoxy) is 1. The molecule has 24 heavy (non-hydrogen) atoms. The zero-order chi connectivity index (χ0) is 16.8. The van der Waals surface area contributed by atoms with E-state index in [2.05, 4.69) is 11.1 Å². The van der Waals surface area contributed by atoms with Crippen molar-refractivity contribution in [2.24, 2.45) is 0 Å². The van der Waals surface area contributed by atoms with Crippen LogP contribution in [0.4, 0.5) is 0 Å². The number of carbonyl (C=O) groups excluding carboxylic acids is 1. The van der Waals surface area contributed by atoms with Crippen molar-refractivity contribution < 1.29 is 9.53 Å². The molecule has 0 N–H and O–H groups in total. The number of carbonyl (C=O) groups is 1. The highest BCUT2D eigenvalue weighted by molar-refractivity contribution is 8.00. The number of nitrogens with zero attached hydrogens (tertiary/aromatic N) is 3. The smallest absolute Gasteiger partial charge is 0.232 e. The number of hydrogen-bond acceptors (Lipinski definition) is 5. The molecule has 6 heteroatoms. The van der Waals surface area contributed by atoms with Gasteiger partial charge in [0.2, 0.25) is 11.8 Å². The van der Waals surface area contributed by atoms with E-state index in [1.54, 1.807) is 18.3 Å². The fraction of sp³-hybridized carbons (Fsp3) is 0.611. The molecule has 5 nitrogen and oxygen atoms in total.